The Morgan fingerprint density at radius 2 is 1.73 bits per heavy atom. The summed E-state index contributed by atoms with van der Waals surface area (Å²) in [7, 11) is 0. The number of hydrogen-bond donors (Lipinski definition) is 0. The van der Waals surface area contributed by atoms with Crippen LogP contribution in [0.1, 0.15) is 12.0 Å². The van der Waals surface area contributed by atoms with Crippen LogP contribution in [-0.4, -0.2) is 73.0 Å². The van der Waals surface area contributed by atoms with E-state index in [-0.39, 0.29) is 18.7 Å². The lowest BCUT2D eigenvalue weighted by molar-refractivity contribution is -0.138. The lowest BCUT2D eigenvalue weighted by Gasteiger charge is -2.32. The first kappa shape index (κ1) is 23.4. The van der Waals surface area contributed by atoms with Crippen molar-refractivity contribution < 1.29 is 23.5 Å². The fourth-order valence-corrected chi connectivity index (χ4v) is 4.25. The summed E-state index contributed by atoms with van der Waals surface area (Å²) in [6.07, 6.45) is -0.0134. The highest BCUT2D eigenvalue weighted by Gasteiger charge is 2.44. The van der Waals surface area contributed by atoms with Crippen molar-refractivity contribution in [2.24, 2.45) is 0 Å². The second-order valence-corrected chi connectivity index (χ2v) is 8.54. The van der Waals surface area contributed by atoms with Gasteiger partial charge in [0.25, 0.3) is 5.91 Å². The van der Waals surface area contributed by atoms with Gasteiger partial charge in [-0.25, -0.2) is 9.29 Å². The molecule has 2 saturated heterocycles. The molecule has 9 heteroatoms. The van der Waals surface area contributed by atoms with Crippen LogP contribution in [0.2, 0.25) is 5.02 Å². The summed E-state index contributed by atoms with van der Waals surface area (Å²) in [6.45, 7) is 3.63. The number of imide groups is 1. The highest BCUT2D eigenvalue weighted by atomic mass is 35.5. The first-order chi connectivity index (χ1) is 15.9. The number of nitrogens with zero attached hydrogens (tertiary/aromatic N) is 3. The maximum atomic E-state index is 13.3. The summed E-state index contributed by atoms with van der Waals surface area (Å²) in [5, 5.41) is 0.571. The van der Waals surface area contributed by atoms with Gasteiger partial charge in [-0.1, -0.05) is 23.7 Å². The summed E-state index contributed by atoms with van der Waals surface area (Å²) in [6, 6.07) is 11.2. The molecule has 1 unspecified atom stereocenters. The van der Waals surface area contributed by atoms with Gasteiger partial charge in [-0.05, 0) is 42.0 Å². The highest BCUT2D eigenvalue weighted by molar-refractivity contribution is 6.30. The van der Waals surface area contributed by atoms with E-state index in [2.05, 4.69) is 4.90 Å². The van der Waals surface area contributed by atoms with E-state index in [4.69, 9.17) is 16.3 Å². The molecule has 0 aliphatic carbocycles. The molecule has 33 heavy (non-hydrogen) atoms. The van der Waals surface area contributed by atoms with Crippen molar-refractivity contribution in [3.05, 3.63) is 64.9 Å². The Morgan fingerprint density at radius 1 is 1.06 bits per heavy atom. The largest absolute Gasteiger partial charge is 0.379 e. The molecule has 3 amide bonds. The number of halogens is 2. The van der Waals surface area contributed by atoms with Crippen LogP contribution in [0.25, 0.3) is 0 Å². The van der Waals surface area contributed by atoms with Gasteiger partial charge in [-0.2, -0.15) is 0 Å². The normalized spacial score (nSPS) is 19.2. The summed E-state index contributed by atoms with van der Waals surface area (Å²) in [5.74, 6) is -1.58. The van der Waals surface area contributed by atoms with E-state index in [1.165, 1.54) is 29.2 Å². The number of ether oxygens (including phenoxy) is 1. The minimum Gasteiger partial charge on any atom is -0.379 e. The molecule has 0 spiro atoms. The van der Waals surface area contributed by atoms with Gasteiger partial charge >= 0.3 is 0 Å². The predicted octanol–water partition coefficient (Wildman–Crippen LogP) is 2.51. The predicted molar refractivity (Wildman–Crippen MR) is 121 cm³/mol. The second-order valence-electron chi connectivity index (χ2n) is 8.11. The van der Waals surface area contributed by atoms with Gasteiger partial charge in [0.2, 0.25) is 11.8 Å². The molecule has 0 aromatic heterocycles. The van der Waals surface area contributed by atoms with Crippen LogP contribution in [0.4, 0.5) is 10.1 Å². The first-order valence-electron chi connectivity index (χ1n) is 10.9. The Bertz CT molecular complexity index is 1010. The van der Waals surface area contributed by atoms with Crippen LogP contribution in [0.3, 0.4) is 0 Å². The number of benzene rings is 2. The second kappa shape index (κ2) is 10.4. The number of amides is 3. The van der Waals surface area contributed by atoms with E-state index >= 15 is 0 Å². The summed E-state index contributed by atoms with van der Waals surface area (Å²) in [5.41, 5.74) is 1.07. The number of anilines is 1. The molecular weight excluding hydrogens is 449 g/mol. The fraction of sp³-hybridized carbons (Fsp3) is 0.375. The molecule has 1 atom stereocenters. The van der Waals surface area contributed by atoms with Crippen LogP contribution in [0, 0.1) is 5.82 Å². The Hall–Kier alpha value is -2.81. The molecule has 7 nitrogen and oxygen atoms in total. The topological polar surface area (TPSA) is 70.2 Å². The third-order valence-electron chi connectivity index (χ3n) is 5.93. The monoisotopic (exact) mass is 473 g/mol. The zero-order valence-electron chi connectivity index (χ0n) is 18.1. The minimum absolute atomic E-state index is 0.0921. The zero-order valence-corrected chi connectivity index (χ0v) is 18.8. The molecule has 2 aromatic rings. The molecule has 0 saturated carbocycles. The molecule has 2 aromatic carbocycles. The molecule has 2 fully saturated rings. The number of rotatable bonds is 7. The van der Waals surface area contributed by atoms with Crippen molar-refractivity contribution >= 4 is 35.0 Å². The Morgan fingerprint density at radius 3 is 2.39 bits per heavy atom. The van der Waals surface area contributed by atoms with Crippen molar-refractivity contribution in [3.8, 4) is 0 Å². The lowest BCUT2D eigenvalue weighted by Crippen LogP contribution is -2.50. The van der Waals surface area contributed by atoms with Crippen molar-refractivity contribution in [1.82, 2.24) is 9.80 Å². The number of morpholine rings is 1. The number of hydrogen-bond acceptors (Lipinski definition) is 5. The zero-order chi connectivity index (χ0) is 23.4. The van der Waals surface area contributed by atoms with Gasteiger partial charge < -0.3 is 9.64 Å². The van der Waals surface area contributed by atoms with E-state index < -0.39 is 23.7 Å². The van der Waals surface area contributed by atoms with Gasteiger partial charge in [0, 0.05) is 31.2 Å². The summed E-state index contributed by atoms with van der Waals surface area (Å²) in [4.78, 5) is 44.0. The molecule has 2 aliphatic heterocycles. The third kappa shape index (κ3) is 5.58. The average molecular weight is 474 g/mol. The smallest absolute Gasteiger partial charge is 0.257 e. The molecular formula is C24H25ClFN3O4. The molecule has 0 radical (unpaired) electrons. The maximum absolute atomic E-state index is 13.3. The van der Waals surface area contributed by atoms with Crippen LogP contribution in [0.5, 0.6) is 0 Å². The molecule has 2 heterocycles. The Labute approximate surface area is 196 Å². The molecule has 0 N–H and O–H groups in total. The molecule has 2 aliphatic rings. The lowest BCUT2D eigenvalue weighted by atomic mass is 10.1. The van der Waals surface area contributed by atoms with Gasteiger partial charge in [-0.3, -0.25) is 19.3 Å². The van der Waals surface area contributed by atoms with Crippen LogP contribution >= 0.6 is 11.6 Å². The van der Waals surface area contributed by atoms with E-state index in [0.29, 0.717) is 37.0 Å². The third-order valence-corrected chi connectivity index (χ3v) is 6.19. The van der Waals surface area contributed by atoms with Gasteiger partial charge in [-0.15, -0.1) is 0 Å². The van der Waals surface area contributed by atoms with Crippen LogP contribution < -0.4 is 4.90 Å². The van der Waals surface area contributed by atoms with Crippen LogP contribution in [-0.2, 0) is 25.5 Å². The molecule has 174 valence electrons. The van der Waals surface area contributed by atoms with Gasteiger partial charge in [0.1, 0.15) is 11.9 Å². The Kier molecular flexibility index (Phi) is 7.37. The van der Waals surface area contributed by atoms with Crippen molar-refractivity contribution in [1.29, 1.82) is 0 Å². The highest BCUT2D eigenvalue weighted by Crippen LogP contribution is 2.26. The SMILES string of the molecule is O=C1CC(N(CCN2CCOCC2)C(=O)Cc2ccc(Cl)cc2)C(=O)N1c1ccc(F)cc1. The average Bonchev–Trinajstić information content (AvgIpc) is 3.10. The molecule has 4 rings (SSSR count). The number of carbonyl (C=O) groups is 3. The van der Waals surface area contributed by atoms with E-state index in [1.807, 2.05) is 0 Å². The maximum Gasteiger partial charge on any atom is 0.257 e. The standard InChI is InChI=1S/C24H25ClFN3O4/c25-18-3-1-17(2-4-18)15-22(30)28(10-9-27-11-13-33-14-12-27)21-16-23(31)29(24(21)32)20-7-5-19(26)6-8-20/h1-8,21H,9-16H2. The van der Waals surface area contributed by atoms with E-state index in [0.717, 1.165) is 23.6 Å². The summed E-state index contributed by atoms with van der Waals surface area (Å²) < 4.78 is 18.7. The number of carbonyl (C=O) groups excluding carboxylic acids is 3. The minimum atomic E-state index is -0.900. The molecule has 0 bridgehead atoms. The van der Waals surface area contributed by atoms with Crippen molar-refractivity contribution in [3.63, 3.8) is 0 Å². The first-order valence-corrected chi connectivity index (χ1v) is 11.3. The van der Waals surface area contributed by atoms with Crippen molar-refractivity contribution in [2.75, 3.05) is 44.3 Å². The van der Waals surface area contributed by atoms with E-state index in [1.54, 1.807) is 24.3 Å². The van der Waals surface area contributed by atoms with Gasteiger partial charge in [0.15, 0.2) is 0 Å². The van der Waals surface area contributed by atoms with E-state index in [9.17, 15) is 18.8 Å². The quantitative estimate of drug-likeness (QED) is 0.578. The Balaban J connectivity index is 1.53. The van der Waals surface area contributed by atoms with Crippen LogP contribution in [0.15, 0.2) is 48.5 Å². The van der Waals surface area contributed by atoms with Crippen molar-refractivity contribution in [2.45, 2.75) is 18.9 Å². The van der Waals surface area contributed by atoms with Gasteiger partial charge in [0.05, 0.1) is 31.7 Å². The fourth-order valence-electron chi connectivity index (χ4n) is 4.13. The summed E-state index contributed by atoms with van der Waals surface area (Å²) >= 11 is 5.95.